The van der Waals surface area contributed by atoms with Gasteiger partial charge >= 0.3 is 5.97 Å². The molecule has 2 rings (SSSR count). The molecule has 4 nitrogen and oxygen atoms in total. The fourth-order valence-corrected chi connectivity index (χ4v) is 4.42. The molecule has 0 unspecified atom stereocenters. The summed E-state index contributed by atoms with van der Waals surface area (Å²) in [7, 11) is 1.47. The number of phenolic OH excluding ortho intramolecular Hbond substituents is 1. The van der Waals surface area contributed by atoms with Crippen LogP contribution in [0, 0.1) is 0 Å². The number of benzene rings is 2. The highest BCUT2D eigenvalue weighted by molar-refractivity contribution is 9.11. The number of hydrogen-bond donors (Lipinski definition) is 2. The van der Waals surface area contributed by atoms with E-state index in [-0.39, 0.29) is 11.3 Å². The number of carbonyl (C=O) groups is 1. The maximum atomic E-state index is 11.5. The van der Waals surface area contributed by atoms with E-state index in [9.17, 15) is 15.0 Å². The molecular formula is C14H9Br3O4. The first-order valence-corrected chi connectivity index (χ1v) is 8.03. The predicted octanol–water partition coefficient (Wildman–Crippen LogP) is 5.05. The molecule has 2 aromatic carbocycles. The van der Waals surface area contributed by atoms with Gasteiger partial charge in [-0.3, -0.25) is 0 Å². The molecular weight excluding hydrogens is 472 g/mol. The fourth-order valence-electron chi connectivity index (χ4n) is 1.87. The Kier molecular flexibility index (Phi) is 4.95. The minimum atomic E-state index is -1.08. The highest BCUT2D eigenvalue weighted by Gasteiger charge is 2.20. The number of aromatic carboxylic acids is 1. The lowest BCUT2D eigenvalue weighted by Gasteiger charge is -2.14. The maximum absolute atomic E-state index is 11.5. The first-order valence-electron chi connectivity index (χ1n) is 5.65. The van der Waals surface area contributed by atoms with Crippen molar-refractivity contribution in [2.24, 2.45) is 0 Å². The first-order chi connectivity index (χ1) is 9.86. The number of rotatable bonds is 3. The van der Waals surface area contributed by atoms with Gasteiger partial charge in [-0.05, 0) is 61.7 Å². The topological polar surface area (TPSA) is 66.8 Å². The average Bonchev–Trinajstić information content (AvgIpc) is 2.45. The van der Waals surface area contributed by atoms with Crippen LogP contribution in [-0.4, -0.2) is 23.3 Å². The van der Waals surface area contributed by atoms with E-state index in [1.807, 2.05) is 0 Å². The molecule has 2 aromatic rings. The molecule has 0 aliphatic rings. The number of halogens is 3. The van der Waals surface area contributed by atoms with E-state index in [4.69, 9.17) is 4.74 Å². The van der Waals surface area contributed by atoms with Gasteiger partial charge in [0.2, 0.25) is 0 Å². The Bertz CT molecular complexity index is 729. The summed E-state index contributed by atoms with van der Waals surface area (Å²) in [5.74, 6) is -0.629. The molecule has 0 amide bonds. The number of phenols is 1. The van der Waals surface area contributed by atoms with Crippen LogP contribution in [0.5, 0.6) is 11.5 Å². The Morgan fingerprint density at radius 1 is 1.14 bits per heavy atom. The summed E-state index contributed by atoms with van der Waals surface area (Å²) in [4.78, 5) is 11.5. The molecule has 0 aliphatic heterocycles. The van der Waals surface area contributed by atoms with Crippen LogP contribution >= 0.6 is 47.8 Å². The molecule has 0 saturated carbocycles. The molecule has 2 N–H and O–H groups in total. The van der Waals surface area contributed by atoms with Crippen LogP contribution in [0.4, 0.5) is 0 Å². The predicted molar refractivity (Wildman–Crippen MR) is 90.2 cm³/mol. The number of methoxy groups -OCH3 is 1. The molecule has 0 aliphatic carbocycles. The molecule has 0 aromatic heterocycles. The van der Waals surface area contributed by atoms with Gasteiger partial charge in [-0.2, -0.15) is 0 Å². The number of aromatic hydroxyl groups is 1. The number of carboxylic acid groups (broad SMARTS) is 1. The van der Waals surface area contributed by atoms with Gasteiger partial charge in [0.05, 0.1) is 21.6 Å². The minimum absolute atomic E-state index is 0.000330. The van der Waals surface area contributed by atoms with Crippen LogP contribution in [-0.2, 0) is 0 Å². The van der Waals surface area contributed by atoms with E-state index in [1.54, 1.807) is 18.2 Å². The Labute approximate surface area is 146 Å². The SMILES string of the molecule is COc1ccc(-c2c(Br)cc(Br)c(O)c2Br)c(C(=O)O)c1. The molecule has 7 heteroatoms. The van der Waals surface area contributed by atoms with Gasteiger partial charge in [0.1, 0.15) is 11.5 Å². The lowest BCUT2D eigenvalue weighted by molar-refractivity contribution is 0.0697. The lowest BCUT2D eigenvalue weighted by Crippen LogP contribution is -2.01. The van der Waals surface area contributed by atoms with E-state index in [0.29, 0.717) is 30.3 Å². The zero-order valence-electron chi connectivity index (χ0n) is 10.7. The maximum Gasteiger partial charge on any atom is 0.336 e. The van der Waals surface area contributed by atoms with Crippen molar-refractivity contribution in [3.8, 4) is 22.6 Å². The molecule has 0 heterocycles. The summed E-state index contributed by atoms with van der Waals surface area (Å²) in [6, 6.07) is 6.40. The van der Waals surface area contributed by atoms with Crippen LogP contribution < -0.4 is 4.74 Å². The zero-order chi connectivity index (χ0) is 15.7. The standard InChI is InChI=1S/C14H9Br3O4/c1-21-6-2-3-7(8(4-6)14(19)20)11-9(15)5-10(16)13(18)12(11)17/h2-5,18H,1H3,(H,19,20). The van der Waals surface area contributed by atoms with Crippen molar-refractivity contribution in [3.63, 3.8) is 0 Å². The Balaban J connectivity index is 2.79. The van der Waals surface area contributed by atoms with Crippen LogP contribution in [0.2, 0.25) is 0 Å². The summed E-state index contributed by atoms with van der Waals surface area (Å²) >= 11 is 9.92. The third kappa shape index (κ3) is 3.09. The van der Waals surface area contributed by atoms with Crippen molar-refractivity contribution < 1.29 is 19.7 Å². The molecule has 21 heavy (non-hydrogen) atoms. The van der Waals surface area contributed by atoms with E-state index < -0.39 is 5.97 Å². The van der Waals surface area contributed by atoms with Gasteiger partial charge in [-0.15, -0.1) is 0 Å². The molecule has 0 spiro atoms. The Hall–Kier alpha value is -1.05. The summed E-state index contributed by atoms with van der Waals surface area (Å²) in [5, 5.41) is 19.4. The van der Waals surface area contributed by atoms with E-state index in [2.05, 4.69) is 47.8 Å². The summed E-state index contributed by atoms with van der Waals surface area (Å²) in [5.41, 5.74) is 1.10. The first kappa shape index (κ1) is 16.3. The molecule has 0 atom stereocenters. The summed E-state index contributed by atoms with van der Waals surface area (Å²) < 4.78 is 6.60. The van der Waals surface area contributed by atoms with Crippen LogP contribution in [0.25, 0.3) is 11.1 Å². The fraction of sp³-hybridized carbons (Fsp3) is 0.0714. The highest BCUT2D eigenvalue weighted by atomic mass is 79.9. The van der Waals surface area contributed by atoms with Gasteiger partial charge in [-0.1, -0.05) is 15.9 Å². The third-order valence-corrected chi connectivity index (χ3v) is 4.87. The second kappa shape index (κ2) is 6.37. The van der Waals surface area contributed by atoms with Crippen molar-refractivity contribution in [1.29, 1.82) is 0 Å². The van der Waals surface area contributed by atoms with Gasteiger partial charge in [0, 0.05) is 10.0 Å². The number of ether oxygens (including phenoxy) is 1. The normalized spacial score (nSPS) is 10.5. The molecule has 0 radical (unpaired) electrons. The zero-order valence-corrected chi connectivity index (χ0v) is 15.4. The second-order valence-corrected chi connectivity index (χ2v) is 6.60. The smallest absolute Gasteiger partial charge is 0.336 e. The van der Waals surface area contributed by atoms with E-state index in [0.717, 1.165) is 0 Å². The van der Waals surface area contributed by atoms with Gasteiger partial charge in [0.15, 0.2) is 0 Å². The largest absolute Gasteiger partial charge is 0.506 e. The van der Waals surface area contributed by atoms with Gasteiger partial charge < -0.3 is 14.9 Å². The van der Waals surface area contributed by atoms with Crippen molar-refractivity contribution in [2.45, 2.75) is 0 Å². The Morgan fingerprint density at radius 3 is 2.38 bits per heavy atom. The number of carboxylic acids is 1. The lowest BCUT2D eigenvalue weighted by atomic mass is 9.99. The Morgan fingerprint density at radius 2 is 1.81 bits per heavy atom. The van der Waals surface area contributed by atoms with Crippen molar-refractivity contribution >= 4 is 53.8 Å². The van der Waals surface area contributed by atoms with Crippen LogP contribution in [0.3, 0.4) is 0 Å². The van der Waals surface area contributed by atoms with Gasteiger partial charge in [-0.25, -0.2) is 4.79 Å². The summed E-state index contributed by atoms with van der Waals surface area (Å²) in [6.07, 6.45) is 0. The van der Waals surface area contributed by atoms with Gasteiger partial charge in [0.25, 0.3) is 0 Å². The van der Waals surface area contributed by atoms with Crippen molar-refractivity contribution in [1.82, 2.24) is 0 Å². The second-order valence-electron chi connectivity index (χ2n) is 4.09. The number of hydrogen-bond acceptors (Lipinski definition) is 3. The van der Waals surface area contributed by atoms with E-state index in [1.165, 1.54) is 13.2 Å². The van der Waals surface area contributed by atoms with Crippen LogP contribution in [0.1, 0.15) is 10.4 Å². The molecule has 0 bridgehead atoms. The average molecular weight is 481 g/mol. The summed E-state index contributed by atoms with van der Waals surface area (Å²) in [6.45, 7) is 0. The molecule has 110 valence electrons. The van der Waals surface area contributed by atoms with Crippen LogP contribution in [0.15, 0.2) is 37.7 Å². The van der Waals surface area contributed by atoms with Crippen molar-refractivity contribution in [2.75, 3.05) is 7.11 Å². The highest BCUT2D eigenvalue weighted by Crippen LogP contribution is 2.45. The minimum Gasteiger partial charge on any atom is -0.506 e. The van der Waals surface area contributed by atoms with E-state index >= 15 is 0 Å². The van der Waals surface area contributed by atoms with Crippen molar-refractivity contribution in [3.05, 3.63) is 43.2 Å². The molecule has 0 saturated heterocycles. The quantitative estimate of drug-likeness (QED) is 0.645. The monoisotopic (exact) mass is 478 g/mol. The third-order valence-electron chi connectivity index (χ3n) is 2.87. The molecule has 0 fully saturated rings.